The fourth-order valence-electron chi connectivity index (χ4n) is 3.38. The van der Waals surface area contributed by atoms with Gasteiger partial charge < -0.3 is 14.4 Å². The lowest BCUT2D eigenvalue weighted by Crippen LogP contribution is -2.36. The van der Waals surface area contributed by atoms with Crippen LogP contribution in [0.15, 0.2) is 47.4 Å². The molecule has 0 aliphatic carbocycles. The molecule has 2 aromatic carbocycles. The van der Waals surface area contributed by atoms with Crippen LogP contribution >= 0.6 is 0 Å². The highest BCUT2D eigenvalue weighted by Gasteiger charge is 2.15. The van der Waals surface area contributed by atoms with Crippen LogP contribution in [0.2, 0.25) is 0 Å². The molecule has 0 saturated carbocycles. The SMILES string of the molecule is CCOc1ccc(S(=O)(=O)NCCCc2ccc(N3CCOCC3)cc2)cc1C. The van der Waals surface area contributed by atoms with Crippen LogP contribution in [-0.4, -0.2) is 47.9 Å². The predicted molar refractivity (Wildman–Crippen MR) is 115 cm³/mol. The summed E-state index contributed by atoms with van der Waals surface area (Å²) in [5.74, 6) is 0.715. The predicted octanol–water partition coefficient (Wildman–Crippen LogP) is 3.14. The molecule has 7 heteroatoms. The maximum atomic E-state index is 12.5. The Balaban J connectivity index is 1.48. The summed E-state index contributed by atoms with van der Waals surface area (Å²) < 4.78 is 38.6. The Kier molecular flexibility index (Phi) is 7.52. The highest BCUT2D eigenvalue weighted by molar-refractivity contribution is 7.89. The van der Waals surface area contributed by atoms with Crippen LogP contribution < -0.4 is 14.4 Å². The van der Waals surface area contributed by atoms with Crippen LogP contribution in [-0.2, 0) is 21.2 Å². The Morgan fingerprint density at radius 3 is 2.48 bits per heavy atom. The van der Waals surface area contributed by atoms with Crippen molar-refractivity contribution >= 4 is 15.7 Å². The van der Waals surface area contributed by atoms with Crippen molar-refractivity contribution < 1.29 is 17.9 Å². The van der Waals surface area contributed by atoms with Crippen LogP contribution in [0.1, 0.15) is 24.5 Å². The fraction of sp³-hybridized carbons (Fsp3) is 0.455. The minimum Gasteiger partial charge on any atom is -0.494 e. The zero-order valence-electron chi connectivity index (χ0n) is 17.2. The third kappa shape index (κ3) is 5.95. The molecule has 1 fully saturated rings. The van der Waals surface area contributed by atoms with Crippen molar-refractivity contribution in [3.63, 3.8) is 0 Å². The third-order valence-corrected chi connectivity index (χ3v) is 6.46. The summed E-state index contributed by atoms with van der Waals surface area (Å²) in [7, 11) is -3.51. The summed E-state index contributed by atoms with van der Waals surface area (Å²) in [5, 5.41) is 0. The maximum Gasteiger partial charge on any atom is 0.240 e. The zero-order valence-corrected chi connectivity index (χ0v) is 18.0. The molecule has 0 spiro atoms. The second-order valence-corrected chi connectivity index (χ2v) is 8.89. The number of nitrogens with zero attached hydrogens (tertiary/aromatic N) is 1. The van der Waals surface area contributed by atoms with Gasteiger partial charge in [-0.25, -0.2) is 13.1 Å². The summed E-state index contributed by atoms with van der Waals surface area (Å²) in [6.45, 7) is 8.11. The molecule has 29 heavy (non-hydrogen) atoms. The Morgan fingerprint density at radius 1 is 1.10 bits per heavy atom. The topological polar surface area (TPSA) is 67.9 Å². The monoisotopic (exact) mass is 418 g/mol. The minimum atomic E-state index is -3.51. The first kappa shape index (κ1) is 21.6. The van der Waals surface area contributed by atoms with Gasteiger partial charge in [0, 0.05) is 25.3 Å². The quantitative estimate of drug-likeness (QED) is 0.634. The highest BCUT2D eigenvalue weighted by atomic mass is 32.2. The third-order valence-electron chi connectivity index (χ3n) is 5.00. The van der Waals surface area contributed by atoms with E-state index in [4.69, 9.17) is 9.47 Å². The first-order chi connectivity index (χ1) is 14.0. The zero-order chi connectivity index (χ0) is 20.7. The second-order valence-electron chi connectivity index (χ2n) is 7.13. The molecule has 1 saturated heterocycles. The number of anilines is 1. The Labute approximate surface area is 173 Å². The van der Waals surface area contributed by atoms with Gasteiger partial charge in [-0.05, 0) is 68.1 Å². The van der Waals surface area contributed by atoms with Crippen LogP contribution in [0, 0.1) is 6.92 Å². The van der Waals surface area contributed by atoms with E-state index in [9.17, 15) is 8.42 Å². The summed E-state index contributed by atoms with van der Waals surface area (Å²) >= 11 is 0. The number of hydrogen-bond acceptors (Lipinski definition) is 5. The van der Waals surface area contributed by atoms with Gasteiger partial charge in [-0.1, -0.05) is 12.1 Å². The lowest BCUT2D eigenvalue weighted by Gasteiger charge is -2.28. The van der Waals surface area contributed by atoms with Crippen molar-refractivity contribution in [2.45, 2.75) is 31.6 Å². The van der Waals surface area contributed by atoms with Gasteiger partial charge in [0.25, 0.3) is 0 Å². The van der Waals surface area contributed by atoms with Crippen molar-refractivity contribution in [2.24, 2.45) is 0 Å². The van der Waals surface area contributed by atoms with Crippen molar-refractivity contribution in [3.05, 3.63) is 53.6 Å². The molecule has 0 aromatic heterocycles. The number of hydrogen-bond donors (Lipinski definition) is 1. The van der Waals surface area contributed by atoms with Crippen LogP contribution in [0.5, 0.6) is 5.75 Å². The van der Waals surface area contributed by atoms with Gasteiger partial charge in [0.05, 0.1) is 24.7 Å². The molecular formula is C22H30N2O4S. The standard InChI is InChI=1S/C22H30N2O4S/c1-3-28-22-11-10-21(17-18(22)2)29(25,26)23-12-4-5-19-6-8-20(9-7-19)24-13-15-27-16-14-24/h6-11,17,23H,3-5,12-16H2,1-2H3. The number of sulfonamides is 1. The van der Waals surface area contributed by atoms with Crippen LogP contribution in [0.25, 0.3) is 0 Å². The molecule has 2 aromatic rings. The van der Waals surface area contributed by atoms with Gasteiger partial charge in [-0.2, -0.15) is 0 Å². The number of ether oxygens (including phenoxy) is 2. The fourth-order valence-corrected chi connectivity index (χ4v) is 4.54. The van der Waals surface area contributed by atoms with Crippen molar-refractivity contribution in [3.8, 4) is 5.75 Å². The molecule has 0 radical (unpaired) electrons. The molecular weight excluding hydrogens is 388 g/mol. The maximum absolute atomic E-state index is 12.5. The summed E-state index contributed by atoms with van der Waals surface area (Å²) in [4.78, 5) is 2.59. The normalized spacial score (nSPS) is 14.8. The van der Waals surface area contributed by atoms with Crippen LogP contribution in [0.3, 0.4) is 0 Å². The van der Waals surface area contributed by atoms with Crippen molar-refractivity contribution in [1.29, 1.82) is 0 Å². The molecule has 6 nitrogen and oxygen atoms in total. The Morgan fingerprint density at radius 2 is 1.83 bits per heavy atom. The van der Waals surface area contributed by atoms with E-state index in [0.29, 0.717) is 18.9 Å². The van der Waals surface area contributed by atoms with E-state index in [1.807, 2.05) is 13.8 Å². The number of benzene rings is 2. The van der Waals surface area contributed by atoms with E-state index in [1.165, 1.54) is 11.3 Å². The number of morpholine rings is 1. The molecule has 0 bridgehead atoms. The van der Waals surface area contributed by atoms with Gasteiger partial charge in [0.2, 0.25) is 10.0 Å². The summed E-state index contributed by atoms with van der Waals surface area (Å²) in [6, 6.07) is 13.5. The average Bonchev–Trinajstić information content (AvgIpc) is 2.74. The van der Waals surface area contributed by atoms with Gasteiger partial charge in [0.1, 0.15) is 5.75 Å². The second kappa shape index (κ2) is 10.1. The molecule has 1 heterocycles. The number of nitrogens with one attached hydrogen (secondary N) is 1. The van der Waals surface area contributed by atoms with Gasteiger partial charge >= 0.3 is 0 Å². The summed E-state index contributed by atoms with van der Waals surface area (Å²) in [5.41, 5.74) is 3.23. The Hall–Kier alpha value is -2.09. The molecule has 1 aliphatic rings. The van der Waals surface area contributed by atoms with Gasteiger partial charge in [-0.15, -0.1) is 0 Å². The van der Waals surface area contributed by atoms with E-state index < -0.39 is 10.0 Å². The smallest absolute Gasteiger partial charge is 0.240 e. The Bertz CT molecular complexity index is 892. The summed E-state index contributed by atoms with van der Waals surface area (Å²) in [6.07, 6.45) is 1.57. The molecule has 0 unspecified atom stereocenters. The van der Waals surface area contributed by atoms with Gasteiger partial charge in [0.15, 0.2) is 0 Å². The lowest BCUT2D eigenvalue weighted by atomic mass is 10.1. The van der Waals surface area contributed by atoms with Crippen molar-refractivity contribution in [1.82, 2.24) is 4.72 Å². The molecule has 158 valence electrons. The molecule has 0 amide bonds. The largest absolute Gasteiger partial charge is 0.494 e. The van der Waals surface area contributed by atoms with Crippen LogP contribution in [0.4, 0.5) is 5.69 Å². The number of aryl methyl sites for hydroxylation is 2. The average molecular weight is 419 g/mol. The van der Waals surface area contributed by atoms with Crippen molar-refractivity contribution in [2.75, 3.05) is 44.4 Å². The first-order valence-corrected chi connectivity index (χ1v) is 11.6. The highest BCUT2D eigenvalue weighted by Crippen LogP contribution is 2.22. The number of rotatable bonds is 9. The van der Waals surface area contributed by atoms with E-state index in [2.05, 4.69) is 33.9 Å². The lowest BCUT2D eigenvalue weighted by molar-refractivity contribution is 0.122. The molecule has 3 rings (SSSR count). The first-order valence-electron chi connectivity index (χ1n) is 10.1. The molecule has 1 N–H and O–H groups in total. The molecule has 0 atom stereocenters. The van der Waals surface area contributed by atoms with E-state index in [-0.39, 0.29) is 4.90 Å². The van der Waals surface area contributed by atoms with Gasteiger partial charge in [-0.3, -0.25) is 0 Å². The molecule has 1 aliphatic heterocycles. The van der Waals surface area contributed by atoms with E-state index in [1.54, 1.807) is 18.2 Å². The van der Waals surface area contributed by atoms with E-state index >= 15 is 0 Å². The minimum absolute atomic E-state index is 0.272. The van der Waals surface area contributed by atoms with E-state index in [0.717, 1.165) is 44.7 Å².